The molecule has 25 heteroatoms. The fourth-order valence-electron chi connectivity index (χ4n) is 10.5. The van der Waals surface area contributed by atoms with E-state index in [2.05, 4.69) is 69.7 Å². The first-order valence-corrected chi connectivity index (χ1v) is 28.5. The minimum Gasteiger partial charge on any atom is -0.390 e. The maximum Gasteiger partial charge on any atom is 0.418 e. The Labute approximate surface area is 520 Å². The Morgan fingerprint density at radius 3 is 1.65 bits per heavy atom. The van der Waals surface area contributed by atoms with E-state index in [9.17, 15) is 45.8 Å². The van der Waals surface area contributed by atoms with Crippen LogP contribution in [0.3, 0.4) is 0 Å². The van der Waals surface area contributed by atoms with Crippen LogP contribution in [-0.2, 0) is 12.4 Å². The maximum absolute atomic E-state index is 13.6. The first-order chi connectivity index (χ1) is 41.9. The van der Waals surface area contributed by atoms with Crippen LogP contribution in [0.1, 0.15) is 144 Å². The summed E-state index contributed by atoms with van der Waals surface area (Å²) < 4.78 is 80.9. The molecule has 10 rings (SSSR count). The van der Waals surface area contributed by atoms with Crippen molar-refractivity contribution in [2.75, 3.05) is 78.1 Å². The standard InChI is InChI=1S/C24H23N5O.C20H24F3N5O2.C19H22F3N5O.10H2/c1-2-7-18-11-12-21(28-22(18)23(30)19-10-6-13-27-24(19)25)29-15-14-26-20(16-29)17-8-4-3-5-9-17;1-19(2,30)10-12-11-28(9-8-25-12)15-6-5-14(20(21,22)23)16(27-15)17(29)13-4-3-7-26-18(13)24;20-19(21,22)14-7-8-15(26-10-11-3-5-12(23)6-4-11)27-16(14)17(28)13-2-1-9-25-18(13)24;;;;;;;;;;/h3-6,8-13,20,26H,14-16H2,1H3,(H2,25,27);3-7,12,25,30H,8-11H2,1-2H3,(H2,24,26);1-2,7-9,11-12H,3-6,10,23H2,(H2,24,25)(H,26,27);10*1H/t20-;;;;;;;;;;;;/m1............/s1. The second-order valence-electron chi connectivity index (χ2n) is 22.0. The molecule has 1 aliphatic carbocycles. The monoisotopic (exact) mass is 1230 g/mol. The van der Waals surface area contributed by atoms with Gasteiger partial charge in [-0.3, -0.25) is 14.4 Å². The molecule has 8 heterocycles. The zero-order valence-electron chi connectivity index (χ0n) is 48.7. The summed E-state index contributed by atoms with van der Waals surface area (Å²) in [4.78, 5) is 67.1. The molecule has 482 valence electrons. The number of nitrogens with two attached hydrogens (primary N) is 4. The second-order valence-corrected chi connectivity index (χ2v) is 22.0. The van der Waals surface area contributed by atoms with Crippen molar-refractivity contribution < 1.29 is 60.1 Å². The van der Waals surface area contributed by atoms with Crippen molar-refractivity contribution in [2.45, 2.75) is 89.0 Å². The molecule has 19 nitrogen and oxygen atoms in total. The SMILES string of the molecule is CC#Cc1ccc(N2CCN[C@@H](c3ccccc3)C2)nc1C(=O)c1cccnc1N.CC(C)(O)CC1CN(c2ccc(C(F)(F)F)c(C(=O)c3cccnc3N)n2)CCN1.Nc1ncccc1C(=O)c1nc(NCC2CCC(N)CC2)ccc1C(F)(F)F.[HH].[HH].[HH].[HH].[HH].[HH].[HH].[HH].[HH].[HH]. The van der Waals surface area contributed by atoms with Crippen LogP contribution in [0.15, 0.2) is 122 Å². The van der Waals surface area contributed by atoms with Crippen LogP contribution in [0.25, 0.3) is 0 Å². The zero-order chi connectivity index (χ0) is 63.3. The van der Waals surface area contributed by atoms with Crippen molar-refractivity contribution in [3.05, 3.63) is 178 Å². The van der Waals surface area contributed by atoms with E-state index in [4.69, 9.17) is 27.9 Å². The van der Waals surface area contributed by atoms with Gasteiger partial charge in [0, 0.05) is 96.8 Å². The number of hydrogen-bond acceptors (Lipinski definition) is 19. The van der Waals surface area contributed by atoms with Gasteiger partial charge in [-0.05, 0) is 137 Å². The lowest BCUT2D eigenvalue weighted by atomic mass is 9.86. The van der Waals surface area contributed by atoms with Crippen molar-refractivity contribution in [1.29, 1.82) is 0 Å². The number of hydrogen-bond donors (Lipinski definition) is 8. The molecule has 0 amide bonds. The van der Waals surface area contributed by atoms with Gasteiger partial charge in [-0.2, -0.15) is 26.3 Å². The fourth-order valence-corrected chi connectivity index (χ4v) is 10.5. The molecule has 88 heavy (non-hydrogen) atoms. The number of carbonyl (C=O) groups excluding carboxylic acids is 3. The maximum atomic E-state index is 13.6. The Hall–Kier alpha value is -9.09. The summed E-state index contributed by atoms with van der Waals surface area (Å²) in [5.41, 5.74) is 20.9. The number of anilines is 6. The highest BCUT2D eigenvalue weighted by Crippen LogP contribution is 2.36. The first kappa shape index (κ1) is 64.9. The minimum atomic E-state index is -4.75. The molecule has 2 atom stereocenters. The third-order valence-electron chi connectivity index (χ3n) is 14.9. The molecule has 3 aliphatic rings. The van der Waals surface area contributed by atoms with Crippen molar-refractivity contribution in [2.24, 2.45) is 11.7 Å². The number of nitrogens with zero attached hydrogens (tertiary/aromatic N) is 8. The molecule has 1 unspecified atom stereocenters. The molecule has 7 aromatic rings. The molecule has 0 radical (unpaired) electrons. The van der Waals surface area contributed by atoms with Crippen LogP contribution < -0.4 is 48.7 Å². The van der Waals surface area contributed by atoms with Crippen LogP contribution in [0.5, 0.6) is 0 Å². The topological polar surface area (TPSA) is 295 Å². The van der Waals surface area contributed by atoms with Crippen molar-refractivity contribution in [3.8, 4) is 11.8 Å². The molecule has 2 aliphatic heterocycles. The zero-order valence-corrected chi connectivity index (χ0v) is 48.7. The van der Waals surface area contributed by atoms with E-state index in [-0.39, 0.29) is 78.4 Å². The van der Waals surface area contributed by atoms with Gasteiger partial charge < -0.3 is 53.8 Å². The van der Waals surface area contributed by atoms with E-state index in [0.29, 0.717) is 55.3 Å². The molecule has 12 N–H and O–H groups in total. The molecule has 0 spiro atoms. The van der Waals surface area contributed by atoms with Gasteiger partial charge in [0.15, 0.2) is 0 Å². The summed E-state index contributed by atoms with van der Waals surface area (Å²) in [5.74, 6) is 5.23. The number of halogens is 6. The smallest absolute Gasteiger partial charge is 0.390 e. The molecule has 6 aromatic heterocycles. The Kier molecular flexibility index (Phi) is 21.1. The first-order valence-electron chi connectivity index (χ1n) is 28.5. The van der Waals surface area contributed by atoms with Crippen molar-refractivity contribution in [1.82, 2.24) is 40.5 Å². The summed E-state index contributed by atoms with van der Waals surface area (Å²) in [6.45, 7) is 9.59. The average molecular weight is 1230 g/mol. The van der Waals surface area contributed by atoms with Crippen LogP contribution >= 0.6 is 0 Å². The summed E-state index contributed by atoms with van der Waals surface area (Å²) >= 11 is 0. The van der Waals surface area contributed by atoms with Crippen LogP contribution in [0.2, 0.25) is 0 Å². The van der Waals surface area contributed by atoms with E-state index < -0.39 is 52.0 Å². The number of benzene rings is 1. The van der Waals surface area contributed by atoms with Gasteiger partial charge in [0.2, 0.25) is 17.3 Å². The number of aromatic nitrogens is 6. The summed E-state index contributed by atoms with van der Waals surface area (Å²) in [7, 11) is 0. The number of aliphatic hydroxyl groups is 1. The second kappa shape index (κ2) is 28.6. The lowest BCUT2D eigenvalue weighted by molar-refractivity contribution is -0.138. The van der Waals surface area contributed by atoms with E-state index in [1.165, 1.54) is 54.4 Å². The highest BCUT2D eigenvalue weighted by atomic mass is 19.4. The largest absolute Gasteiger partial charge is 0.418 e. The molecule has 0 bridgehead atoms. The number of nitrogen functional groups attached to an aromatic ring is 3. The van der Waals surface area contributed by atoms with E-state index in [1.807, 2.05) is 30.3 Å². The minimum absolute atomic E-state index is 0. The number of alkyl halides is 6. The Morgan fingerprint density at radius 1 is 0.636 bits per heavy atom. The van der Waals surface area contributed by atoms with Crippen LogP contribution in [0, 0.1) is 17.8 Å². The number of piperazine rings is 2. The van der Waals surface area contributed by atoms with Gasteiger partial charge >= 0.3 is 12.4 Å². The van der Waals surface area contributed by atoms with E-state index in [1.54, 1.807) is 44.0 Å². The summed E-state index contributed by atoms with van der Waals surface area (Å²) in [6.07, 6.45) is -0.974. The lowest BCUT2D eigenvalue weighted by Gasteiger charge is -2.37. The Balaban J connectivity index is -0.00000132. The number of pyridine rings is 6. The Morgan fingerprint density at radius 2 is 1.12 bits per heavy atom. The fraction of sp³-hybridized carbons (Fsp3) is 0.349. The molecule has 2 saturated heterocycles. The van der Waals surface area contributed by atoms with Gasteiger partial charge in [0.05, 0.1) is 39.0 Å². The highest BCUT2D eigenvalue weighted by molar-refractivity contribution is 6.13. The molecule has 3 fully saturated rings. The summed E-state index contributed by atoms with van der Waals surface area (Å²) in [5, 5.41) is 19.9. The van der Waals surface area contributed by atoms with Gasteiger partial charge in [-0.15, -0.1) is 5.92 Å². The molecular weight excluding hydrogens is 1140 g/mol. The number of rotatable bonds is 14. The van der Waals surface area contributed by atoms with Gasteiger partial charge in [0.25, 0.3) is 0 Å². The van der Waals surface area contributed by atoms with Crippen LogP contribution in [-0.4, -0.2) is 116 Å². The Bertz CT molecular complexity index is 3690. The average Bonchev–Trinajstić information content (AvgIpc) is 0.798. The van der Waals surface area contributed by atoms with Crippen molar-refractivity contribution in [3.63, 3.8) is 0 Å². The van der Waals surface area contributed by atoms with E-state index >= 15 is 0 Å². The normalized spacial score (nSPS) is 17.9. The lowest BCUT2D eigenvalue weighted by Crippen LogP contribution is -2.53. The van der Waals surface area contributed by atoms with Gasteiger partial charge in [-0.1, -0.05) is 36.3 Å². The van der Waals surface area contributed by atoms with Crippen molar-refractivity contribution >= 4 is 52.3 Å². The van der Waals surface area contributed by atoms with Gasteiger partial charge in [-0.25, -0.2) is 29.9 Å². The quantitative estimate of drug-likeness (QED) is 0.0285. The predicted octanol–water partition coefficient (Wildman–Crippen LogP) is 10.8. The molecule has 1 saturated carbocycles. The highest BCUT2D eigenvalue weighted by Gasteiger charge is 2.39. The predicted molar refractivity (Wildman–Crippen MR) is 345 cm³/mol. The number of carbonyl (C=O) groups is 3. The summed E-state index contributed by atoms with van der Waals surface area (Å²) in [6, 6.07) is 27.6. The van der Waals surface area contributed by atoms with Crippen LogP contribution in [0.4, 0.5) is 61.2 Å². The van der Waals surface area contributed by atoms with E-state index in [0.717, 1.165) is 63.3 Å². The number of ketones is 3. The molecular formula is C63H89F6N15O4. The third-order valence-corrected chi connectivity index (χ3v) is 14.9. The third kappa shape index (κ3) is 16.9. The molecule has 1 aromatic carbocycles. The number of nitrogens with one attached hydrogen (secondary N) is 3. The van der Waals surface area contributed by atoms with Gasteiger partial charge in [0.1, 0.15) is 52.0 Å².